The highest BCUT2D eigenvalue weighted by Gasteiger charge is 2.17. The summed E-state index contributed by atoms with van der Waals surface area (Å²) >= 11 is 3.05. The lowest BCUT2D eigenvalue weighted by atomic mass is 10.3. The van der Waals surface area contributed by atoms with Gasteiger partial charge in [-0.1, -0.05) is 6.92 Å². The summed E-state index contributed by atoms with van der Waals surface area (Å²) in [5.41, 5.74) is 0. The zero-order valence-corrected chi connectivity index (χ0v) is 12.7. The fourth-order valence-corrected chi connectivity index (χ4v) is 3.37. The molecule has 0 heterocycles. The molecule has 4 nitrogen and oxygen atoms in total. The number of halogens is 2. The molecule has 102 valence electrons. The molecule has 0 fully saturated rings. The minimum absolute atomic E-state index is 0.0445. The molecule has 0 aromatic heterocycles. The van der Waals surface area contributed by atoms with E-state index in [1.165, 1.54) is 6.07 Å². The minimum Gasteiger partial charge on any atom is -0.305 e. The number of sulfonamides is 1. The third-order valence-corrected chi connectivity index (χ3v) is 4.95. The van der Waals surface area contributed by atoms with Crippen LogP contribution in [0.2, 0.25) is 0 Å². The van der Waals surface area contributed by atoms with Crippen molar-refractivity contribution < 1.29 is 12.8 Å². The van der Waals surface area contributed by atoms with Gasteiger partial charge in [0.1, 0.15) is 5.82 Å². The zero-order chi connectivity index (χ0) is 13.8. The van der Waals surface area contributed by atoms with Crippen LogP contribution in [0.5, 0.6) is 0 Å². The van der Waals surface area contributed by atoms with Gasteiger partial charge in [0.05, 0.1) is 4.90 Å². The van der Waals surface area contributed by atoms with Gasteiger partial charge >= 0.3 is 0 Å². The van der Waals surface area contributed by atoms with Crippen molar-refractivity contribution in [1.29, 1.82) is 0 Å². The zero-order valence-electron chi connectivity index (χ0n) is 10.3. The number of nitrogens with one attached hydrogen (secondary N) is 1. The molecule has 0 saturated carbocycles. The second-order valence-electron chi connectivity index (χ2n) is 3.87. The van der Waals surface area contributed by atoms with E-state index in [4.69, 9.17) is 0 Å². The topological polar surface area (TPSA) is 49.4 Å². The predicted octanol–water partition coefficient (Wildman–Crippen LogP) is 1.82. The number of hydrogen-bond acceptors (Lipinski definition) is 3. The van der Waals surface area contributed by atoms with E-state index in [-0.39, 0.29) is 9.37 Å². The van der Waals surface area contributed by atoms with Crippen LogP contribution in [0.1, 0.15) is 6.92 Å². The average Bonchev–Trinajstić information content (AvgIpc) is 2.27. The number of hydrogen-bond donors (Lipinski definition) is 1. The lowest BCUT2D eigenvalue weighted by Gasteiger charge is -2.14. The van der Waals surface area contributed by atoms with E-state index in [0.29, 0.717) is 13.1 Å². The summed E-state index contributed by atoms with van der Waals surface area (Å²) in [7, 11) is -1.70. The number of benzene rings is 1. The van der Waals surface area contributed by atoms with Gasteiger partial charge in [-0.3, -0.25) is 0 Å². The molecule has 0 bridgehead atoms. The Balaban J connectivity index is 2.74. The normalized spacial score (nSPS) is 12.1. The van der Waals surface area contributed by atoms with Crippen molar-refractivity contribution in [3.8, 4) is 0 Å². The maximum atomic E-state index is 12.9. The maximum absolute atomic E-state index is 12.9. The van der Waals surface area contributed by atoms with Crippen molar-refractivity contribution in [2.75, 3.05) is 26.7 Å². The molecule has 0 aliphatic rings. The van der Waals surface area contributed by atoms with Crippen LogP contribution in [0, 0.1) is 5.82 Å². The van der Waals surface area contributed by atoms with E-state index < -0.39 is 15.8 Å². The Morgan fingerprint density at radius 2 is 2.11 bits per heavy atom. The first-order chi connectivity index (χ1) is 8.36. The van der Waals surface area contributed by atoms with Gasteiger partial charge in [0.15, 0.2) is 0 Å². The summed E-state index contributed by atoms with van der Waals surface area (Å²) in [5.74, 6) is -0.480. The highest BCUT2D eigenvalue weighted by Crippen LogP contribution is 2.22. The van der Waals surface area contributed by atoms with Crippen LogP contribution in [0.15, 0.2) is 27.6 Å². The third kappa shape index (κ3) is 4.31. The van der Waals surface area contributed by atoms with Gasteiger partial charge in [0, 0.05) is 17.6 Å². The first-order valence-corrected chi connectivity index (χ1v) is 7.77. The van der Waals surface area contributed by atoms with E-state index in [1.54, 1.807) is 0 Å². The lowest BCUT2D eigenvalue weighted by molar-refractivity contribution is 0.358. The molecule has 1 aromatic carbocycles. The molecule has 0 aliphatic heterocycles. The number of nitrogens with zero attached hydrogens (tertiary/aromatic N) is 1. The first-order valence-electron chi connectivity index (χ1n) is 5.50. The van der Waals surface area contributed by atoms with Crippen molar-refractivity contribution in [3.05, 3.63) is 28.5 Å². The first kappa shape index (κ1) is 15.6. The summed E-state index contributed by atoms with van der Waals surface area (Å²) in [4.78, 5) is 2.03. The summed E-state index contributed by atoms with van der Waals surface area (Å²) in [6.45, 7) is 3.78. The highest BCUT2D eigenvalue weighted by molar-refractivity contribution is 9.10. The Morgan fingerprint density at radius 3 is 2.67 bits per heavy atom. The molecule has 7 heteroatoms. The largest absolute Gasteiger partial charge is 0.305 e. The molecular formula is C11H16BrFN2O2S. The lowest BCUT2D eigenvalue weighted by Crippen LogP contribution is -2.33. The molecule has 0 radical (unpaired) electrons. The third-order valence-electron chi connectivity index (χ3n) is 2.51. The van der Waals surface area contributed by atoms with E-state index in [0.717, 1.165) is 18.7 Å². The van der Waals surface area contributed by atoms with Crippen LogP contribution in [0.4, 0.5) is 4.39 Å². The van der Waals surface area contributed by atoms with Crippen LogP contribution < -0.4 is 4.72 Å². The van der Waals surface area contributed by atoms with Gasteiger partial charge in [-0.25, -0.2) is 17.5 Å². The Hall–Kier alpha value is -0.500. The summed E-state index contributed by atoms with van der Waals surface area (Å²) in [6, 6.07) is 3.50. The van der Waals surface area contributed by atoms with Crippen LogP contribution in [-0.2, 0) is 10.0 Å². The molecule has 1 aromatic rings. The summed E-state index contributed by atoms with van der Waals surface area (Å²) in [5, 5.41) is 0. The van der Waals surface area contributed by atoms with Crippen molar-refractivity contribution in [2.45, 2.75) is 11.8 Å². The van der Waals surface area contributed by atoms with E-state index in [9.17, 15) is 12.8 Å². The SMILES string of the molecule is CCN(C)CCNS(=O)(=O)c1ccc(F)cc1Br. The molecule has 18 heavy (non-hydrogen) atoms. The highest BCUT2D eigenvalue weighted by atomic mass is 79.9. The van der Waals surface area contributed by atoms with E-state index >= 15 is 0 Å². The smallest absolute Gasteiger partial charge is 0.241 e. The van der Waals surface area contributed by atoms with Crippen LogP contribution in [-0.4, -0.2) is 40.0 Å². The molecule has 0 amide bonds. The second-order valence-corrected chi connectivity index (χ2v) is 6.46. The molecule has 0 saturated heterocycles. The van der Waals surface area contributed by atoms with Gasteiger partial charge in [0.2, 0.25) is 10.0 Å². The Bertz CT molecular complexity index is 508. The van der Waals surface area contributed by atoms with Gasteiger partial charge in [-0.15, -0.1) is 0 Å². The van der Waals surface area contributed by atoms with Crippen LogP contribution >= 0.6 is 15.9 Å². The van der Waals surface area contributed by atoms with Gasteiger partial charge in [0.25, 0.3) is 0 Å². The summed E-state index contributed by atoms with van der Waals surface area (Å²) < 4.78 is 39.5. The van der Waals surface area contributed by atoms with Crippen LogP contribution in [0.25, 0.3) is 0 Å². The Labute approximate surface area is 115 Å². The van der Waals surface area contributed by atoms with Gasteiger partial charge in [-0.05, 0) is 47.7 Å². The standard InChI is InChI=1S/C11H16BrFN2O2S/c1-3-15(2)7-6-14-18(16,17)11-5-4-9(13)8-10(11)12/h4-5,8,14H,3,6-7H2,1-2H3. The van der Waals surface area contributed by atoms with Crippen LogP contribution in [0.3, 0.4) is 0 Å². The Morgan fingerprint density at radius 1 is 1.44 bits per heavy atom. The van der Waals surface area contributed by atoms with Crippen molar-refractivity contribution >= 4 is 26.0 Å². The van der Waals surface area contributed by atoms with E-state index in [2.05, 4.69) is 20.7 Å². The molecule has 0 atom stereocenters. The Kier molecular flexibility index (Phi) is 5.71. The molecule has 0 aliphatic carbocycles. The van der Waals surface area contributed by atoms with Gasteiger partial charge in [-0.2, -0.15) is 0 Å². The molecule has 0 spiro atoms. The second kappa shape index (κ2) is 6.60. The molecular weight excluding hydrogens is 323 g/mol. The molecule has 0 unspecified atom stereocenters. The fraction of sp³-hybridized carbons (Fsp3) is 0.455. The van der Waals surface area contributed by atoms with Crippen molar-refractivity contribution in [1.82, 2.24) is 9.62 Å². The van der Waals surface area contributed by atoms with E-state index in [1.807, 2.05) is 18.9 Å². The van der Waals surface area contributed by atoms with Crippen molar-refractivity contribution in [2.24, 2.45) is 0 Å². The maximum Gasteiger partial charge on any atom is 0.241 e. The number of likely N-dealkylation sites (N-methyl/N-ethyl adjacent to an activating group) is 1. The fourth-order valence-electron chi connectivity index (χ4n) is 1.30. The monoisotopic (exact) mass is 338 g/mol. The van der Waals surface area contributed by atoms with Gasteiger partial charge < -0.3 is 4.90 Å². The van der Waals surface area contributed by atoms with Crippen molar-refractivity contribution in [3.63, 3.8) is 0 Å². The quantitative estimate of drug-likeness (QED) is 0.860. The predicted molar refractivity (Wildman–Crippen MR) is 72.5 cm³/mol. The summed E-state index contributed by atoms with van der Waals surface area (Å²) in [6.07, 6.45) is 0. The minimum atomic E-state index is -3.60. The number of rotatable bonds is 6. The average molecular weight is 339 g/mol. The molecule has 1 rings (SSSR count). The molecule has 1 N–H and O–H groups in total.